The molecule has 347 valence electrons. The van der Waals surface area contributed by atoms with Gasteiger partial charge in [0.1, 0.15) is 0 Å². The van der Waals surface area contributed by atoms with Crippen LogP contribution in [0.15, 0.2) is 212 Å². The van der Waals surface area contributed by atoms with E-state index >= 15 is 0 Å². The summed E-state index contributed by atoms with van der Waals surface area (Å²) in [6.45, 7) is 0. The van der Waals surface area contributed by atoms with Crippen LogP contribution in [-0.2, 0) is 30.9 Å². The smallest absolute Gasteiger partial charge is 0.0541 e. The van der Waals surface area contributed by atoms with E-state index in [1.807, 2.05) is 30.5 Å². The maximum absolute atomic E-state index is 4.58. The van der Waals surface area contributed by atoms with Crippen LogP contribution in [0.25, 0.3) is 106 Å². The Morgan fingerprint density at radius 2 is 0.847 bits per heavy atom. The number of benzene rings is 9. The van der Waals surface area contributed by atoms with Crippen LogP contribution in [0.4, 0.5) is 0 Å². The first kappa shape index (κ1) is 43.4. The molecule has 0 atom stereocenters. The molecule has 0 bridgehead atoms. The molecule has 3 heteroatoms. The van der Waals surface area contributed by atoms with Gasteiger partial charge in [-0.1, -0.05) is 153 Å². The summed E-state index contributed by atoms with van der Waals surface area (Å²) in [6, 6.07) is 81.3. The van der Waals surface area contributed by atoms with Gasteiger partial charge in [-0.05, 0) is 175 Å². The maximum Gasteiger partial charge on any atom is 0.0541 e. The number of pyridine rings is 1. The van der Waals surface area contributed by atoms with E-state index in [9.17, 15) is 0 Å². The minimum atomic E-state index is 0. The average molecular weight is 1100 g/mol. The second-order valence-corrected chi connectivity index (χ2v) is 20.8. The Bertz CT molecular complexity index is 3770. The van der Waals surface area contributed by atoms with Gasteiger partial charge in [0.05, 0.1) is 11.0 Å². The van der Waals surface area contributed by atoms with Crippen molar-refractivity contribution in [1.29, 1.82) is 0 Å². The van der Waals surface area contributed by atoms with Crippen molar-refractivity contribution < 1.29 is 20.1 Å². The number of rotatable bonds is 6. The van der Waals surface area contributed by atoms with Crippen LogP contribution in [0.5, 0.6) is 0 Å². The zero-order chi connectivity index (χ0) is 46.7. The van der Waals surface area contributed by atoms with E-state index in [2.05, 4.69) is 198 Å². The van der Waals surface area contributed by atoms with Crippen molar-refractivity contribution in [1.82, 2.24) is 9.55 Å². The Morgan fingerprint density at radius 3 is 1.42 bits per heavy atom. The van der Waals surface area contributed by atoms with Crippen molar-refractivity contribution in [2.45, 2.75) is 62.2 Å². The van der Waals surface area contributed by atoms with Crippen LogP contribution < -0.4 is 0 Å². The van der Waals surface area contributed by atoms with Gasteiger partial charge in [0.25, 0.3) is 0 Å². The molecule has 15 rings (SSSR count). The molecular formula is C69H51IrN2-. The van der Waals surface area contributed by atoms with Crippen molar-refractivity contribution in [2.24, 2.45) is 0 Å². The predicted octanol–water partition coefficient (Wildman–Crippen LogP) is 18.0. The number of hydrogen-bond acceptors (Lipinski definition) is 1. The summed E-state index contributed by atoms with van der Waals surface area (Å²) < 4.78 is 2.48. The standard InChI is InChI=1S/C69H51N2.Ir/c1-3-19-61-55(17-1)57-30-24-51(43-63(57)68(61)34-6-7-35-68)49-26-32-66-59(41-49)60-42-50(52-25-31-58-56-18-2-4-20-62(56)69(64(58)44-52)36-8-9-37-69)27-33-67(60)71(66)54-28-22-45(23-29-54)46-13-11-14-47(39-46)48-15-12-16-53(40-48)65-21-5-10-38-70-65;/h1-5,10-15,17-33,38-44H,6-9,34-37H2;/q-1;. The Hall–Kier alpha value is -7.42. The molecule has 1 radical (unpaired) electrons. The van der Waals surface area contributed by atoms with Crippen molar-refractivity contribution in [2.75, 3.05) is 0 Å². The summed E-state index contributed by atoms with van der Waals surface area (Å²) in [6.07, 6.45) is 11.9. The van der Waals surface area contributed by atoms with Crippen molar-refractivity contribution >= 4 is 21.8 Å². The van der Waals surface area contributed by atoms with Gasteiger partial charge < -0.3 is 9.55 Å². The molecule has 2 saturated carbocycles. The SMILES string of the molecule is [Ir].[c-]1ccc(-c2cccc(-c3ccc(-n4c5ccc(-c6ccc7c(c6)C6(CCCC6)c6ccccc6-7)cc5c5cc(-c6ccc7c(c6)C6(CCCC6)c6ccccc6-7)ccc54)cc3)c2)cc1-c1ccccn1. The number of nitrogens with zero attached hydrogens (tertiary/aromatic N) is 2. The molecule has 2 fully saturated rings. The van der Waals surface area contributed by atoms with E-state index in [0.29, 0.717) is 0 Å². The molecule has 9 aromatic carbocycles. The Morgan fingerprint density at radius 1 is 0.375 bits per heavy atom. The summed E-state index contributed by atoms with van der Waals surface area (Å²) in [5.74, 6) is 0. The fourth-order valence-electron chi connectivity index (χ4n) is 14.0. The first-order chi connectivity index (χ1) is 35.1. The predicted molar refractivity (Wildman–Crippen MR) is 294 cm³/mol. The van der Waals surface area contributed by atoms with Gasteiger partial charge in [-0.3, -0.25) is 0 Å². The number of fused-ring (bicyclic) bond motifs is 13. The Labute approximate surface area is 435 Å². The van der Waals surface area contributed by atoms with Gasteiger partial charge in [0.2, 0.25) is 0 Å². The van der Waals surface area contributed by atoms with Crippen LogP contribution in [-0.4, -0.2) is 9.55 Å². The van der Waals surface area contributed by atoms with E-state index in [4.69, 9.17) is 0 Å². The molecular weight excluding hydrogens is 1050 g/mol. The molecule has 0 saturated heterocycles. The molecule has 2 spiro atoms. The van der Waals surface area contributed by atoms with Crippen molar-refractivity contribution in [3.05, 3.63) is 241 Å². The average Bonchev–Trinajstić information content (AvgIpc) is 4.30. The molecule has 2 aromatic heterocycles. The van der Waals surface area contributed by atoms with E-state index in [0.717, 1.165) is 22.5 Å². The van der Waals surface area contributed by atoms with Crippen LogP contribution in [0.3, 0.4) is 0 Å². The zero-order valence-electron chi connectivity index (χ0n) is 40.1. The third-order valence-corrected chi connectivity index (χ3v) is 17.3. The topological polar surface area (TPSA) is 17.8 Å². The van der Waals surface area contributed by atoms with Gasteiger partial charge >= 0.3 is 0 Å². The zero-order valence-corrected chi connectivity index (χ0v) is 42.5. The third-order valence-electron chi connectivity index (χ3n) is 17.3. The van der Waals surface area contributed by atoms with Crippen LogP contribution in [0.1, 0.15) is 73.6 Å². The minimum Gasteiger partial charge on any atom is -0.309 e. The van der Waals surface area contributed by atoms with Crippen LogP contribution in [0.2, 0.25) is 0 Å². The van der Waals surface area contributed by atoms with Crippen LogP contribution in [0, 0.1) is 6.07 Å². The monoisotopic (exact) mass is 1100 g/mol. The van der Waals surface area contributed by atoms with E-state index < -0.39 is 0 Å². The first-order valence-corrected chi connectivity index (χ1v) is 25.8. The molecule has 11 aromatic rings. The maximum atomic E-state index is 4.58. The van der Waals surface area contributed by atoms with Crippen LogP contribution >= 0.6 is 0 Å². The van der Waals surface area contributed by atoms with Gasteiger partial charge in [-0.25, -0.2) is 0 Å². The Balaban J connectivity index is 0.00000482. The van der Waals surface area contributed by atoms with Gasteiger partial charge in [-0.2, -0.15) is 0 Å². The normalized spacial score (nSPS) is 15.4. The second-order valence-electron chi connectivity index (χ2n) is 20.8. The van der Waals surface area contributed by atoms with Gasteiger partial charge in [0.15, 0.2) is 0 Å². The Kier molecular flexibility index (Phi) is 10.1. The summed E-state index contributed by atoms with van der Waals surface area (Å²) >= 11 is 0. The van der Waals surface area contributed by atoms with Crippen molar-refractivity contribution in [3.63, 3.8) is 0 Å². The summed E-state index contributed by atoms with van der Waals surface area (Å²) in [5, 5.41) is 2.56. The van der Waals surface area contributed by atoms with E-state index in [-0.39, 0.29) is 30.9 Å². The van der Waals surface area contributed by atoms with Crippen molar-refractivity contribution in [3.8, 4) is 83.7 Å². The van der Waals surface area contributed by atoms with E-state index in [1.54, 1.807) is 0 Å². The first-order valence-electron chi connectivity index (χ1n) is 25.8. The third kappa shape index (κ3) is 6.53. The fourth-order valence-corrected chi connectivity index (χ4v) is 14.0. The minimum absolute atomic E-state index is 0. The molecule has 4 aliphatic rings. The number of aromatic nitrogens is 2. The molecule has 0 N–H and O–H groups in total. The largest absolute Gasteiger partial charge is 0.309 e. The summed E-state index contributed by atoms with van der Waals surface area (Å²) in [7, 11) is 0. The molecule has 4 aliphatic carbocycles. The fraction of sp³-hybridized carbons (Fsp3) is 0.145. The van der Waals surface area contributed by atoms with E-state index in [1.165, 1.54) is 157 Å². The van der Waals surface area contributed by atoms with Gasteiger partial charge in [-0.15, -0.1) is 35.4 Å². The second kappa shape index (κ2) is 16.8. The summed E-state index contributed by atoms with van der Waals surface area (Å²) in [4.78, 5) is 4.58. The van der Waals surface area contributed by atoms with Gasteiger partial charge in [0, 0.05) is 53.6 Å². The molecule has 2 heterocycles. The molecule has 72 heavy (non-hydrogen) atoms. The summed E-state index contributed by atoms with van der Waals surface area (Å²) in [5.41, 5.74) is 27.4. The molecule has 0 unspecified atom stereocenters. The number of hydrogen-bond donors (Lipinski definition) is 0. The molecule has 0 aliphatic heterocycles. The molecule has 2 nitrogen and oxygen atoms in total. The quantitative estimate of drug-likeness (QED) is 0.152. The molecule has 0 amide bonds.